The highest BCUT2D eigenvalue weighted by atomic mass is 32.1. The molecular formula is C17H18FN3O2S. The van der Waals surface area contributed by atoms with Crippen LogP contribution in [-0.2, 0) is 6.54 Å². The molecule has 2 heterocycles. The lowest BCUT2D eigenvalue weighted by Gasteiger charge is -2.21. The van der Waals surface area contributed by atoms with Crippen LogP contribution >= 0.6 is 11.3 Å². The molecule has 5 nitrogen and oxygen atoms in total. The zero-order valence-electron chi connectivity index (χ0n) is 13.7. The van der Waals surface area contributed by atoms with Crippen molar-refractivity contribution < 1.29 is 13.5 Å². The zero-order chi connectivity index (χ0) is 17.1. The lowest BCUT2D eigenvalue weighted by atomic mass is 10.1. The molecule has 0 radical (unpaired) electrons. The third-order valence-corrected chi connectivity index (χ3v) is 4.70. The summed E-state index contributed by atoms with van der Waals surface area (Å²) in [5.74, 6) is 0.936. The van der Waals surface area contributed by atoms with Gasteiger partial charge in [-0.25, -0.2) is 4.39 Å². The quantitative estimate of drug-likeness (QED) is 0.671. The summed E-state index contributed by atoms with van der Waals surface area (Å²) in [6.07, 6.45) is 0. The fourth-order valence-electron chi connectivity index (χ4n) is 2.32. The van der Waals surface area contributed by atoms with Crippen LogP contribution in [0.15, 0.2) is 40.1 Å². The second-order valence-corrected chi connectivity index (χ2v) is 6.43. The number of hydrogen-bond donors (Lipinski definition) is 0. The number of rotatable bonds is 6. The van der Waals surface area contributed by atoms with E-state index in [0.717, 1.165) is 10.4 Å². The summed E-state index contributed by atoms with van der Waals surface area (Å²) in [4.78, 5) is 2.97. The Kier molecular flexibility index (Phi) is 4.92. The van der Waals surface area contributed by atoms with E-state index in [2.05, 4.69) is 10.2 Å². The van der Waals surface area contributed by atoms with Crippen molar-refractivity contribution in [3.63, 3.8) is 0 Å². The first-order valence-electron chi connectivity index (χ1n) is 7.48. The Balaban J connectivity index is 1.70. The molecule has 0 bridgehead atoms. The molecule has 126 valence electrons. The van der Waals surface area contributed by atoms with Gasteiger partial charge in [-0.2, -0.15) is 0 Å². The van der Waals surface area contributed by atoms with Crippen LogP contribution in [0.25, 0.3) is 10.8 Å². The summed E-state index contributed by atoms with van der Waals surface area (Å²) in [6, 6.07) is 8.75. The van der Waals surface area contributed by atoms with Crippen molar-refractivity contribution in [1.29, 1.82) is 0 Å². The van der Waals surface area contributed by atoms with Crippen LogP contribution < -0.4 is 4.74 Å². The van der Waals surface area contributed by atoms with Gasteiger partial charge in [0.15, 0.2) is 11.6 Å². The highest BCUT2D eigenvalue weighted by Crippen LogP contribution is 2.27. The summed E-state index contributed by atoms with van der Waals surface area (Å²) in [7, 11) is 3.38. The third kappa shape index (κ3) is 3.47. The van der Waals surface area contributed by atoms with Gasteiger partial charge < -0.3 is 9.15 Å². The third-order valence-electron chi connectivity index (χ3n) is 3.84. The van der Waals surface area contributed by atoms with Crippen molar-refractivity contribution in [1.82, 2.24) is 15.1 Å². The maximum atomic E-state index is 13.8. The van der Waals surface area contributed by atoms with Crippen LogP contribution in [0, 0.1) is 5.82 Å². The smallest absolute Gasteiger partial charge is 0.257 e. The molecule has 0 unspecified atom stereocenters. The van der Waals surface area contributed by atoms with Crippen molar-refractivity contribution in [3.05, 3.63) is 53.0 Å². The molecule has 0 aliphatic rings. The molecule has 0 fully saturated rings. The van der Waals surface area contributed by atoms with Gasteiger partial charge in [0.1, 0.15) is 0 Å². The SMILES string of the molecule is COc1ccc(CN(C)[C@H](C)c2nnc(-c3cccs3)o2)cc1F. The van der Waals surface area contributed by atoms with E-state index in [4.69, 9.17) is 9.15 Å². The van der Waals surface area contributed by atoms with Crippen LogP contribution in [0.4, 0.5) is 4.39 Å². The Bertz CT molecular complexity index is 804. The van der Waals surface area contributed by atoms with Crippen LogP contribution in [0.5, 0.6) is 5.75 Å². The maximum Gasteiger partial charge on any atom is 0.257 e. The number of ether oxygens (including phenoxy) is 1. The Labute approximate surface area is 143 Å². The number of hydrogen-bond acceptors (Lipinski definition) is 6. The Morgan fingerprint density at radius 2 is 2.17 bits per heavy atom. The summed E-state index contributed by atoms with van der Waals surface area (Å²) < 4.78 is 24.5. The van der Waals surface area contributed by atoms with Gasteiger partial charge in [-0.1, -0.05) is 12.1 Å². The molecule has 0 amide bonds. The molecule has 1 atom stereocenters. The van der Waals surface area contributed by atoms with Gasteiger partial charge in [0.05, 0.1) is 18.0 Å². The van der Waals surface area contributed by atoms with E-state index in [-0.39, 0.29) is 17.6 Å². The summed E-state index contributed by atoms with van der Waals surface area (Å²) in [6.45, 7) is 2.53. The standard InChI is InChI=1S/C17H18FN3O2S/c1-11(16-19-20-17(23-16)15-5-4-8-24-15)21(2)10-12-6-7-14(22-3)13(18)9-12/h4-9,11H,10H2,1-3H3/t11-/m1/s1. The molecule has 0 saturated carbocycles. The number of methoxy groups -OCH3 is 1. The number of thiophene rings is 1. The molecule has 2 aromatic heterocycles. The Hall–Kier alpha value is -2.25. The zero-order valence-corrected chi connectivity index (χ0v) is 14.5. The lowest BCUT2D eigenvalue weighted by molar-refractivity contribution is 0.217. The Morgan fingerprint density at radius 3 is 2.83 bits per heavy atom. The van der Waals surface area contributed by atoms with Crippen molar-refractivity contribution in [3.8, 4) is 16.5 Å². The monoisotopic (exact) mass is 347 g/mol. The van der Waals surface area contributed by atoms with Crippen LogP contribution in [0.2, 0.25) is 0 Å². The van der Waals surface area contributed by atoms with Gasteiger partial charge >= 0.3 is 0 Å². The number of aromatic nitrogens is 2. The molecule has 0 N–H and O–H groups in total. The molecule has 0 aliphatic carbocycles. The van der Waals surface area contributed by atoms with Gasteiger partial charge in [-0.3, -0.25) is 4.90 Å². The molecule has 0 saturated heterocycles. The van der Waals surface area contributed by atoms with Gasteiger partial charge in [-0.05, 0) is 43.1 Å². The van der Waals surface area contributed by atoms with Crippen molar-refractivity contribution >= 4 is 11.3 Å². The van der Waals surface area contributed by atoms with Crippen molar-refractivity contribution in [2.45, 2.75) is 19.5 Å². The van der Waals surface area contributed by atoms with E-state index >= 15 is 0 Å². The number of benzene rings is 1. The minimum Gasteiger partial charge on any atom is -0.494 e. The highest BCUT2D eigenvalue weighted by molar-refractivity contribution is 7.13. The van der Waals surface area contributed by atoms with Gasteiger partial charge in [0.25, 0.3) is 5.89 Å². The van der Waals surface area contributed by atoms with Crippen LogP contribution in [-0.4, -0.2) is 29.3 Å². The highest BCUT2D eigenvalue weighted by Gasteiger charge is 2.20. The van der Waals surface area contributed by atoms with E-state index in [1.165, 1.54) is 13.2 Å². The fraction of sp³-hybridized carbons (Fsp3) is 0.294. The first-order valence-corrected chi connectivity index (χ1v) is 8.36. The number of halogens is 1. The fourth-order valence-corrected chi connectivity index (χ4v) is 2.97. The largest absolute Gasteiger partial charge is 0.494 e. The van der Waals surface area contributed by atoms with Gasteiger partial charge in [0.2, 0.25) is 5.89 Å². The summed E-state index contributed by atoms with van der Waals surface area (Å²) in [5.41, 5.74) is 0.848. The first-order chi connectivity index (χ1) is 11.6. The van der Waals surface area contributed by atoms with Crippen molar-refractivity contribution in [2.24, 2.45) is 0 Å². The minimum absolute atomic E-state index is 0.0867. The predicted octanol–water partition coefficient (Wildman–Crippen LogP) is 4.14. The maximum absolute atomic E-state index is 13.8. The topological polar surface area (TPSA) is 51.4 Å². The molecule has 7 heteroatoms. The van der Waals surface area contributed by atoms with E-state index in [0.29, 0.717) is 18.3 Å². The summed E-state index contributed by atoms with van der Waals surface area (Å²) >= 11 is 1.55. The molecule has 24 heavy (non-hydrogen) atoms. The van der Waals surface area contributed by atoms with Gasteiger partial charge in [0, 0.05) is 6.54 Å². The van der Waals surface area contributed by atoms with Crippen LogP contribution in [0.3, 0.4) is 0 Å². The molecule has 3 aromatic rings. The van der Waals surface area contributed by atoms with E-state index in [1.54, 1.807) is 17.4 Å². The average molecular weight is 347 g/mol. The minimum atomic E-state index is -0.367. The normalized spacial score (nSPS) is 12.5. The second kappa shape index (κ2) is 7.11. The van der Waals surface area contributed by atoms with Crippen LogP contribution in [0.1, 0.15) is 24.4 Å². The Morgan fingerprint density at radius 1 is 1.33 bits per heavy atom. The van der Waals surface area contributed by atoms with Gasteiger partial charge in [-0.15, -0.1) is 21.5 Å². The van der Waals surface area contributed by atoms with E-state index in [1.807, 2.05) is 42.5 Å². The molecule has 3 rings (SSSR count). The average Bonchev–Trinajstić information content (AvgIpc) is 3.25. The second-order valence-electron chi connectivity index (χ2n) is 5.48. The van der Waals surface area contributed by atoms with Crippen molar-refractivity contribution in [2.75, 3.05) is 14.2 Å². The van der Waals surface area contributed by atoms with E-state index < -0.39 is 0 Å². The predicted molar refractivity (Wildman–Crippen MR) is 90.4 cm³/mol. The molecule has 1 aromatic carbocycles. The van der Waals surface area contributed by atoms with E-state index in [9.17, 15) is 4.39 Å². The lowest BCUT2D eigenvalue weighted by Crippen LogP contribution is -2.22. The first kappa shape index (κ1) is 16.6. The number of nitrogens with zero attached hydrogens (tertiary/aromatic N) is 3. The molecular weight excluding hydrogens is 329 g/mol. The molecule has 0 spiro atoms. The summed E-state index contributed by atoms with van der Waals surface area (Å²) in [5, 5.41) is 10.2. The molecule has 0 aliphatic heterocycles.